The lowest BCUT2D eigenvalue weighted by atomic mass is 9.79. The first-order valence-electron chi connectivity index (χ1n) is 6.78. The standard InChI is InChI=1S/C13H24N2O2/c1-14-6-2-11(3-7-14)12-4-8-15(9-5-12)13(17)10-16/h11-12,16H,2-10H2,1H3. The fourth-order valence-electron chi connectivity index (χ4n) is 3.22. The van der Waals surface area contributed by atoms with Crippen LogP contribution in [0.3, 0.4) is 0 Å². The zero-order valence-electron chi connectivity index (χ0n) is 10.8. The van der Waals surface area contributed by atoms with Crippen molar-refractivity contribution in [1.82, 2.24) is 9.80 Å². The van der Waals surface area contributed by atoms with E-state index >= 15 is 0 Å². The Hall–Kier alpha value is -0.610. The summed E-state index contributed by atoms with van der Waals surface area (Å²) in [4.78, 5) is 15.6. The number of hydrogen-bond donors (Lipinski definition) is 1. The number of rotatable bonds is 2. The molecule has 1 amide bonds. The number of carbonyl (C=O) groups excluding carboxylic acids is 1. The van der Waals surface area contributed by atoms with Crippen LogP contribution in [0, 0.1) is 11.8 Å². The van der Waals surface area contributed by atoms with Crippen LogP contribution in [0.15, 0.2) is 0 Å². The zero-order chi connectivity index (χ0) is 12.3. The molecule has 2 heterocycles. The fourth-order valence-corrected chi connectivity index (χ4v) is 3.22. The molecule has 0 aromatic rings. The van der Waals surface area contributed by atoms with Gasteiger partial charge in [0.1, 0.15) is 6.61 Å². The molecule has 98 valence electrons. The third kappa shape index (κ3) is 3.19. The highest BCUT2D eigenvalue weighted by atomic mass is 16.3. The second-order valence-corrected chi connectivity index (χ2v) is 5.52. The van der Waals surface area contributed by atoms with E-state index < -0.39 is 0 Å². The first-order chi connectivity index (χ1) is 8.20. The topological polar surface area (TPSA) is 43.8 Å². The minimum absolute atomic E-state index is 0.105. The number of aliphatic hydroxyl groups excluding tert-OH is 1. The van der Waals surface area contributed by atoms with Gasteiger partial charge in [-0.05, 0) is 57.7 Å². The molecule has 0 atom stereocenters. The molecule has 0 spiro atoms. The maximum atomic E-state index is 11.4. The highest BCUT2D eigenvalue weighted by Crippen LogP contribution is 2.32. The SMILES string of the molecule is CN1CCC(C2CCN(C(=O)CO)CC2)CC1. The van der Waals surface area contributed by atoms with Gasteiger partial charge in [-0.15, -0.1) is 0 Å². The number of nitrogens with zero attached hydrogens (tertiary/aromatic N) is 2. The van der Waals surface area contributed by atoms with Crippen LogP contribution in [0.1, 0.15) is 25.7 Å². The van der Waals surface area contributed by atoms with Crippen LogP contribution in [-0.4, -0.2) is 60.6 Å². The summed E-state index contributed by atoms with van der Waals surface area (Å²) in [5.41, 5.74) is 0. The van der Waals surface area contributed by atoms with E-state index in [0.717, 1.165) is 37.8 Å². The minimum atomic E-state index is -0.334. The zero-order valence-corrected chi connectivity index (χ0v) is 10.8. The molecule has 0 saturated carbocycles. The van der Waals surface area contributed by atoms with Crippen molar-refractivity contribution in [1.29, 1.82) is 0 Å². The second-order valence-electron chi connectivity index (χ2n) is 5.52. The van der Waals surface area contributed by atoms with E-state index in [9.17, 15) is 4.79 Å². The lowest BCUT2D eigenvalue weighted by Crippen LogP contribution is -2.43. The number of likely N-dealkylation sites (tertiary alicyclic amines) is 2. The molecule has 2 rings (SSSR count). The molecule has 2 aliphatic rings. The molecule has 2 aliphatic heterocycles. The Labute approximate surface area is 104 Å². The quantitative estimate of drug-likeness (QED) is 0.767. The van der Waals surface area contributed by atoms with Gasteiger partial charge in [0.25, 0.3) is 0 Å². The highest BCUT2D eigenvalue weighted by Gasteiger charge is 2.29. The minimum Gasteiger partial charge on any atom is -0.387 e. The van der Waals surface area contributed by atoms with E-state index in [1.807, 2.05) is 4.90 Å². The Kier molecular flexibility index (Phi) is 4.40. The van der Waals surface area contributed by atoms with Crippen molar-refractivity contribution >= 4 is 5.91 Å². The van der Waals surface area contributed by atoms with Crippen molar-refractivity contribution in [2.75, 3.05) is 39.8 Å². The highest BCUT2D eigenvalue weighted by molar-refractivity contribution is 5.77. The average Bonchev–Trinajstić information content (AvgIpc) is 2.39. The third-order valence-corrected chi connectivity index (χ3v) is 4.46. The Bertz CT molecular complexity index is 254. The molecule has 0 aliphatic carbocycles. The lowest BCUT2D eigenvalue weighted by molar-refractivity contribution is -0.135. The van der Waals surface area contributed by atoms with Crippen molar-refractivity contribution < 1.29 is 9.90 Å². The van der Waals surface area contributed by atoms with Crippen LogP contribution >= 0.6 is 0 Å². The van der Waals surface area contributed by atoms with Gasteiger partial charge in [-0.25, -0.2) is 0 Å². The predicted molar refractivity (Wildman–Crippen MR) is 66.6 cm³/mol. The normalized spacial score (nSPS) is 25.2. The summed E-state index contributed by atoms with van der Waals surface area (Å²) in [6.07, 6.45) is 4.88. The summed E-state index contributed by atoms with van der Waals surface area (Å²) in [6.45, 7) is 3.80. The molecule has 4 nitrogen and oxygen atoms in total. The molecular formula is C13H24N2O2. The van der Waals surface area contributed by atoms with Gasteiger partial charge < -0.3 is 14.9 Å². The van der Waals surface area contributed by atoms with Gasteiger partial charge in [0.2, 0.25) is 5.91 Å². The number of hydrogen-bond acceptors (Lipinski definition) is 3. The van der Waals surface area contributed by atoms with E-state index in [-0.39, 0.29) is 12.5 Å². The van der Waals surface area contributed by atoms with Gasteiger partial charge >= 0.3 is 0 Å². The number of piperidine rings is 2. The van der Waals surface area contributed by atoms with Gasteiger partial charge in [0.15, 0.2) is 0 Å². The van der Waals surface area contributed by atoms with Crippen molar-refractivity contribution in [2.24, 2.45) is 11.8 Å². The maximum absolute atomic E-state index is 11.4. The van der Waals surface area contributed by atoms with Crippen LogP contribution in [-0.2, 0) is 4.79 Å². The van der Waals surface area contributed by atoms with Crippen LogP contribution < -0.4 is 0 Å². The molecule has 2 saturated heterocycles. The van der Waals surface area contributed by atoms with Gasteiger partial charge in [-0.2, -0.15) is 0 Å². The molecule has 0 aromatic heterocycles. The summed E-state index contributed by atoms with van der Waals surface area (Å²) >= 11 is 0. The predicted octanol–water partition coefficient (Wildman–Crippen LogP) is 0.559. The molecule has 0 bridgehead atoms. The fraction of sp³-hybridized carbons (Fsp3) is 0.923. The smallest absolute Gasteiger partial charge is 0.248 e. The summed E-state index contributed by atoms with van der Waals surface area (Å²) in [6, 6.07) is 0. The van der Waals surface area contributed by atoms with Gasteiger partial charge in [0.05, 0.1) is 0 Å². The molecular weight excluding hydrogens is 216 g/mol. The maximum Gasteiger partial charge on any atom is 0.248 e. The van der Waals surface area contributed by atoms with Crippen LogP contribution in [0.25, 0.3) is 0 Å². The Balaban J connectivity index is 1.77. The summed E-state index contributed by atoms with van der Waals surface area (Å²) < 4.78 is 0. The number of carbonyl (C=O) groups is 1. The largest absolute Gasteiger partial charge is 0.387 e. The Morgan fingerprint density at radius 1 is 1.06 bits per heavy atom. The van der Waals surface area contributed by atoms with Crippen LogP contribution in [0.4, 0.5) is 0 Å². The average molecular weight is 240 g/mol. The molecule has 0 radical (unpaired) electrons. The van der Waals surface area contributed by atoms with Gasteiger partial charge in [0, 0.05) is 13.1 Å². The Morgan fingerprint density at radius 2 is 1.53 bits per heavy atom. The monoisotopic (exact) mass is 240 g/mol. The van der Waals surface area contributed by atoms with Gasteiger partial charge in [-0.3, -0.25) is 4.79 Å². The summed E-state index contributed by atoms with van der Waals surface area (Å²) in [7, 11) is 2.19. The first kappa shape index (κ1) is 12.8. The molecule has 2 fully saturated rings. The summed E-state index contributed by atoms with van der Waals surface area (Å²) in [5.74, 6) is 1.55. The molecule has 0 unspecified atom stereocenters. The summed E-state index contributed by atoms with van der Waals surface area (Å²) in [5, 5.41) is 8.83. The lowest BCUT2D eigenvalue weighted by Gasteiger charge is -2.39. The molecule has 1 N–H and O–H groups in total. The molecule has 17 heavy (non-hydrogen) atoms. The van der Waals surface area contributed by atoms with Gasteiger partial charge in [-0.1, -0.05) is 0 Å². The van der Waals surface area contributed by atoms with E-state index in [1.54, 1.807) is 0 Å². The van der Waals surface area contributed by atoms with Crippen LogP contribution in [0.2, 0.25) is 0 Å². The van der Waals surface area contributed by atoms with Crippen molar-refractivity contribution in [3.63, 3.8) is 0 Å². The van der Waals surface area contributed by atoms with Crippen molar-refractivity contribution in [3.05, 3.63) is 0 Å². The van der Waals surface area contributed by atoms with E-state index in [0.29, 0.717) is 0 Å². The van der Waals surface area contributed by atoms with Crippen molar-refractivity contribution in [2.45, 2.75) is 25.7 Å². The van der Waals surface area contributed by atoms with Crippen LogP contribution in [0.5, 0.6) is 0 Å². The molecule has 0 aromatic carbocycles. The van der Waals surface area contributed by atoms with E-state index in [1.165, 1.54) is 25.9 Å². The molecule has 4 heteroatoms. The first-order valence-corrected chi connectivity index (χ1v) is 6.78. The number of amides is 1. The van der Waals surface area contributed by atoms with E-state index in [2.05, 4.69) is 11.9 Å². The van der Waals surface area contributed by atoms with Crippen molar-refractivity contribution in [3.8, 4) is 0 Å². The Morgan fingerprint density at radius 3 is 2.00 bits per heavy atom. The number of aliphatic hydroxyl groups is 1. The third-order valence-electron chi connectivity index (χ3n) is 4.46. The van der Waals surface area contributed by atoms with E-state index in [4.69, 9.17) is 5.11 Å². The second kappa shape index (κ2) is 5.83.